The van der Waals surface area contributed by atoms with Crippen LogP contribution < -0.4 is 0 Å². The summed E-state index contributed by atoms with van der Waals surface area (Å²) in [5.74, 6) is 3.04. The molecule has 0 aromatic carbocycles. The summed E-state index contributed by atoms with van der Waals surface area (Å²) in [6, 6.07) is 0. The highest BCUT2D eigenvalue weighted by Crippen LogP contribution is 2.46. The molecule has 84 valence electrons. The Morgan fingerprint density at radius 2 is 1.14 bits per heavy atom. The zero-order valence-electron chi connectivity index (χ0n) is 10.4. The maximum Gasteiger partial charge on any atom is 0.109 e. The van der Waals surface area contributed by atoms with E-state index >= 15 is 0 Å². The fraction of sp³-hybridized carbons (Fsp3) is 1.00. The van der Waals surface area contributed by atoms with Crippen LogP contribution in [0.5, 0.6) is 0 Å². The minimum absolute atomic E-state index is 0.296. The molecule has 0 aromatic rings. The number of hydrogen-bond donors (Lipinski definition) is 0. The molecule has 0 bridgehead atoms. The summed E-state index contributed by atoms with van der Waals surface area (Å²) in [6.45, 7) is 13.7. The molecule has 1 heterocycles. The summed E-state index contributed by atoms with van der Waals surface area (Å²) >= 11 is -0.576. The van der Waals surface area contributed by atoms with Crippen molar-refractivity contribution in [2.75, 3.05) is 11.5 Å². The summed E-state index contributed by atoms with van der Waals surface area (Å²) < 4.78 is 11.7. The highest BCUT2D eigenvalue weighted by Gasteiger charge is 2.48. The summed E-state index contributed by atoms with van der Waals surface area (Å²) in [7, 11) is 0. The average Bonchev–Trinajstić information content (AvgIpc) is 2.27. The highest BCUT2D eigenvalue weighted by atomic mass is 32.2. The number of rotatable bonds is 0. The molecule has 1 aliphatic rings. The summed E-state index contributed by atoms with van der Waals surface area (Å²) in [5, 5.41) is 0. The average molecular weight is 216 g/mol. The first-order valence-electron chi connectivity index (χ1n) is 5.47. The Morgan fingerprint density at radius 3 is 1.36 bits per heavy atom. The molecule has 0 aliphatic carbocycles. The summed E-state index contributed by atoms with van der Waals surface area (Å²) in [4.78, 5) is 0. The smallest absolute Gasteiger partial charge is 0.109 e. The van der Waals surface area contributed by atoms with Crippen molar-refractivity contribution in [3.8, 4) is 0 Å². The van der Waals surface area contributed by atoms with Crippen LogP contribution in [0.4, 0.5) is 0 Å². The molecule has 0 radical (unpaired) electrons. The van der Waals surface area contributed by atoms with E-state index in [0.717, 1.165) is 11.5 Å². The third kappa shape index (κ3) is 2.66. The zero-order chi connectivity index (χ0) is 11.1. The lowest BCUT2D eigenvalue weighted by molar-refractivity contribution is 0.115. The second kappa shape index (κ2) is 3.71. The van der Waals surface area contributed by atoms with Crippen LogP contribution in [-0.4, -0.2) is 16.1 Å². The van der Waals surface area contributed by atoms with E-state index in [2.05, 4.69) is 41.5 Å². The zero-order valence-corrected chi connectivity index (χ0v) is 11.2. The lowest BCUT2D eigenvalue weighted by Gasteiger charge is -2.36. The van der Waals surface area contributed by atoms with E-state index in [0.29, 0.717) is 22.7 Å². The van der Waals surface area contributed by atoms with Crippen LogP contribution in [0.2, 0.25) is 0 Å². The van der Waals surface area contributed by atoms with Gasteiger partial charge in [0.05, 0.1) is 0 Å². The molecule has 0 amide bonds. The maximum absolute atomic E-state index is 11.7. The Morgan fingerprint density at radius 1 is 0.857 bits per heavy atom. The second-order valence-electron chi connectivity index (χ2n) is 6.72. The van der Waals surface area contributed by atoms with E-state index in [1.54, 1.807) is 0 Å². The topological polar surface area (TPSA) is 23.1 Å². The van der Waals surface area contributed by atoms with Gasteiger partial charge in [0, 0.05) is 11.8 Å². The molecule has 1 fully saturated rings. The van der Waals surface area contributed by atoms with Gasteiger partial charge in [-0.15, -0.1) is 0 Å². The standard InChI is InChI=1S/C12H24OS/c1-11(2,3)9-7-14(13)8-10(9)12(4,5)6/h9-10H,7-8H2,1-6H3. The Labute approximate surface area is 91.8 Å². The third-order valence-corrected chi connectivity index (χ3v) is 4.90. The minimum atomic E-state index is -0.576. The highest BCUT2D eigenvalue weighted by molar-refractivity contribution is 7.91. The van der Waals surface area contributed by atoms with Crippen LogP contribution >= 0.6 is 0 Å². The van der Waals surface area contributed by atoms with E-state index in [1.807, 2.05) is 0 Å². The first kappa shape index (κ1) is 12.4. The van der Waals surface area contributed by atoms with Crippen LogP contribution in [0.1, 0.15) is 41.5 Å². The van der Waals surface area contributed by atoms with Gasteiger partial charge >= 0.3 is 0 Å². The SMILES string of the molecule is CC(C)(C)C1C[S+]([O-])CC1C(C)(C)C. The van der Waals surface area contributed by atoms with Gasteiger partial charge in [0.25, 0.3) is 0 Å². The van der Waals surface area contributed by atoms with Gasteiger partial charge in [0.15, 0.2) is 0 Å². The van der Waals surface area contributed by atoms with Gasteiger partial charge in [-0.3, -0.25) is 0 Å². The normalized spacial score (nSPS) is 34.9. The Bertz CT molecular complexity index is 177. The van der Waals surface area contributed by atoms with Crippen molar-refractivity contribution in [3.63, 3.8) is 0 Å². The van der Waals surface area contributed by atoms with Gasteiger partial charge in [-0.05, 0) is 10.8 Å². The minimum Gasteiger partial charge on any atom is -0.616 e. The molecule has 0 saturated carbocycles. The Kier molecular flexibility index (Phi) is 3.28. The molecule has 2 heteroatoms. The molecule has 0 spiro atoms. The van der Waals surface area contributed by atoms with Crippen LogP contribution in [0.15, 0.2) is 0 Å². The summed E-state index contributed by atoms with van der Waals surface area (Å²) in [5.41, 5.74) is 0.591. The van der Waals surface area contributed by atoms with Crippen molar-refractivity contribution >= 4 is 11.2 Å². The van der Waals surface area contributed by atoms with Gasteiger partial charge in [0.2, 0.25) is 0 Å². The molecule has 1 nitrogen and oxygen atoms in total. The van der Waals surface area contributed by atoms with Crippen LogP contribution in [0.3, 0.4) is 0 Å². The Balaban J connectivity index is 2.84. The third-order valence-electron chi connectivity index (χ3n) is 3.44. The molecule has 1 rings (SSSR count). The molecule has 1 aliphatic heterocycles. The van der Waals surface area contributed by atoms with Crippen molar-refractivity contribution in [2.45, 2.75) is 41.5 Å². The quantitative estimate of drug-likeness (QED) is 0.571. The van der Waals surface area contributed by atoms with Crippen LogP contribution in [0, 0.1) is 22.7 Å². The van der Waals surface area contributed by atoms with Gasteiger partial charge in [0.1, 0.15) is 11.5 Å². The van der Waals surface area contributed by atoms with Gasteiger partial charge in [-0.2, -0.15) is 0 Å². The monoisotopic (exact) mass is 216 g/mol. The van der Waals surface area contributed by atoms with E-state index in [9.17, 15) is 4.55 Å². The van der Waals surface area contributed by atoms with Crippen LogP contribution in [0.25, 0.3) is 0 Å². The number of hydrogen-bond acceptors (Lipinski definition) is 1. The largest absolute Gasteiger partial charge is 0.616 e. The predicted molar refractivity (Wildman–Crippen MR) is 63.8 cm³/mol. The molecular formula is C12H24OS. The van der Waals surface area contributed by atoms with Crippen molar-refractivity contribution in [2.24, 2.45) is 22.7 Å². The molecular weight excluding hydrogens is 192 g/mol. The first-order chi connectivity index (χ1) is 6.12. The summed E-state index contributed by atoms with van der Waals surface area (Å²) in [6.07, 6.45) is 0. The molecule has 2 unspecified atom stereocenters. The van der Waals surface area contributed by atoms with E-state index in [4.69, 9.17) is 0 Å². The van der Waals surface area contributed by atoms with Crippen molar-refractivity contribution in [1.82, 2.24) is 0 Å². The second-order valence-corrected chi connectivity index (χ2v) is 8.26. The lowest BCUT2D eigenvalue weighted by atomic mass is 9.66. The van der Waals surface area contributed by atoms with Crippen molar-refractivity contribution < 1.29 is 4.55 Å². The van der Waals surface area contributed by atoms with Crippen LogP contribution in [-0.2, 0) is 11.2 Å². The molecule has 14 heavy (non-hydrogen) atoms. The fourth-order valence-electron chi connectivity index (χ4n) is 2.41. The maximum atomic E-state index is 11.7. The fourth-order valence-corrected chi connectivity index (χ4v) is 4.81. The van der Waals surface area contributed by atoms with Crippen molar-refractivity contribution in [1.29, 1.82) is 0 Å². The first-order valence-corrected chi connectivity index (χ1v) is 6.96. The lowest BCUT2D eigenvalue weighted by Crippen LogP contribution is -2.34. The van der Waals surface area contributed by atoms with Gasteiger partial charge in [-0.25, -0.2) is 0 Å². The molecule has 0 N–H and O–H groups in total. The Hall–Kier alpha value is 0.310. The molecule has 0 aromatic heterocycles. The molecule has 1 saturated heterocycles. The van der Waals surface area contributed by atoms with E-state index in [-0.39, 0.29) is 0 Å². The van der Waals surface area contributed by atoms with E-state index < -0.39 is 11.2 Å². The van der Waals surface area contributed by atoms with E-state index in [1.165, 1.54) is 0 Å². The predicted octanol–water partition coefficient (Wildman–Crippen LogP) is 3.07. The van der Waals surface area contributed by atoms with Gasteiger partial charge < -0.3 is 4.55 Å². The van der Waals surface area contributed by atoms with Crippen molar-refractivity contribution in [3.05, 3.63) is 0 Å². The molecule has 2 atom stereocenters. The van der Waals surface area contributed by atoms with Gasteiger partial charge in [-0.1, -0.05) is 52.7 Å².